The summed E-state index contributed by atoms with van der Waals surface area (Å²) < 4.78 is 12.0. The number of rotatable bonds is 2. The Morgan fingerprint density at radius 1 is 1.23 bits per heavy atom. The first-order chi connectivity index (χ1) is 16.5. The molecular weight excluding hydrogens is 450 g/mol. The van der Waals surface area contributed by atoms with E-state index in [2.05, 4.69) is 25.4 Å². The lowest BCUT2D eigenvalue weighted by Gasteiger charge is -2.84. The molecule has 2 aliphatic heterocycles. The number of nitrogens with zero attached hydrogens (tertiary/aromatic N) is 1. The van der Waals surface area contributed by atoms with Gasteiger partial charge in [-0.15, -0.1) is 0 Å². The number of aliphatic hydroxyl groups is 3. The Morgan fingerprint density at radius 3 is 2.71 bits per heavy atom. The molecule has 2 bridgehead atoms. The zero-order valence-electron chi connectivity index (χ0n) is 19.9. The van der Waals surface area contributed by atoms with Gasteiger partial charge in [-0.05, 0) is 60.6 Å². The van der Waals surface area contributed by atoms with E-state index in [0.29, 0.717) is 24.8 Å². The molecule has 1 unspecified atom stereocenters. The standard InChI is InChI=1S/C27H31NO7/c1-13-15-6-7-16-24-12-34-27(33,20(30)19(24)23(2,3)9-8-17(24)29)25(16)18(15)26(13,22(25)32)35-21(31)14-5-4-10-28-11-14/h4-5,10-11,15-20,29-30,33H,1,6-9,12H2,2-3H3/t15-,16-,17-,18+,19+,20-,24+,25+,26-,27?/m0/s1. The fourth-order valence-corrected chi connectivity index (χ4v) is 9.88. The molecule has 2 spiro atoms. The lowest BCUT2D eigenvalue weighted by Crippen LogP contribution is -2.97. The summed E-state index contributed by atoms with van der Waals surface area (Å²) in [4.78, 5) is 31.4. The molecular formula is C27H31NO7. The zero-order chi connectivity index (χ0) is 24.8. The Kier molecular flexibility index (Phi) is 3.93. The number of hydrogen-bond donors (Lipinski definition) is 3. The fourth-order valence-electron chi connectivity index (χ4n) is 9.88. The SMILES string of the molecule is C=C1[C@@H]2CC[C@H]3[C@@]45COC(O)([C@@H](O)[C@@H]4C(C)(C)CC[C@@H]5O)[C@]34C(=O)[C@@]1(OC(=O)c1cccnc1)[C@H]24. The van der Waals surface area contributed by atoms with Crippen molar-refractivity contribution in [1.29, 1.82) is 0 Å². The lowest BCUT2D eigenvalue weighted by atomic mass is 9.21. The molecule has 0 amide bonds. The summed E-state index contributed by atoms with van der Waals surface area (Å²) in [6.07, 6.45) is 3.40. The van der Waals surface area contributed by atoms with E-state index in [1.807, 2.05) is 0 Å². The van der Waals surface area contributed by atoms with Crippen molar-refractivity contribution in [2.24, 2.45) is 39.9 Å². The highest BCUT2D eigenvalue weighted by Gasteiger charge is 2.97. The topological polar surface area (TPSA) is 126 Å². The van der Waals surface area contributed by atoms with Crippen molar-refractivity contribution in [2.45, 2.75) is 63.1 Å². The third-order valence-electron chi connectivity index (χ3n) is 11.0. The first kappa shape index (κ1) is 22.1. The highest BCUT2D eigenvalue weighted by molar-refractivity contribution is 6.09. The number of esters is 1. The van der Waals surface area contributed by atoms with E-state index in [4.69, 9.17) is 9.47 Å². The predicted octanol–water partition coefficient (Wildman–Crippen LogP) is 1.64. The minimum Gasteiger partial charge on any atom is -0.442 e. The molecule has 2 saturated heterocycles. The molecule has 7 aliphatic rings. The Morgan fingerprint density at radius 2 is 2.00 bits per heavy atom. The molecule has 0 radical (unpaired) electrons. The summed E-state index contributed by atoms with van der Waals surface area (Å²) in [6, 6.07) is 3.19. The van der Waals surface area contributed by atoms with E-state index in [0.717, 1.165) is 6.42 Å². The van der Waals surface area contributed by atoms with Crippen molar-refractivity contribution in [1.82, 2.24) is 4.98 Å². The van der Waals surface area contributed by atoms with Crippen molar-refractivity contribution in [3.8, 4) is 0 Å². The molecule has 7 fully saturated rings. The second-order valence-corrected chi connectivity index (χ2v) is 12.4. The van der Waals surface area contributed by atoms with Gasteiger partial charge in [-0.25, -0.2) is 4.79 Å². The molecule has 8 rings (SSSR count). The van der Waals surface area contributed by atoms with Gasteiger partial charge in [0.2, 0.25) is 5.79 Å². The van der Waals surface area contributed by atoms with E-state index in [1.54, 1.807) is 18.3 Å². The number of aromatic nitrogens is 1. The maximum Gasteiger partial charge on any atom is 0.341 e. The number of ether oxygens (including phenoxy) is 2. The number of carbonyl (C=O) groups excluding carboxylic acids is 2. The summed E-state index contributed by atoms with van der Waals surface area (Å²) >= 11 is 0. The van der Waals surface area contributed by atoms with E-state index >= 15 is 0 Å². The van der Waals surface area contributed by atoms with Gasteiger partial charge in [-0.1, -0.05) is 20.4 Å². The van der Waals surface area contributed by atoms with Crippen LogP contribution in [0.15, 0.2) is 36.7 Å². The molecule has 1 aromatic heterocycles. The molecule has 1 aromatic rings. The van der Waals surface area contributed by atoms with Crippen molar-refractivity contribution in [3.63, 3.8) is 0 Å². The Hall–Kier alpha value is -2.13. The van der Waals surface area contributed by atoms with Crippen LogP contribution in [0.1, 0.15) is 49.9 Å². The van der Waals surface area contributed by atoms with Crippen LogP contribution in [0, 0.1) is 39.9 Å². The maximum atomic E-state index is 14.4. The summed E-state index contributed by atoms with van der Waals surface area (Å²) in [6.45, 7) is 8.35. The van der Waals surface area contributed by atoms with Crippen LogP contribution in [0.5, 0.6) is 0 Å². The monoisotopic (exact) mass is 481 g/mol. The third-order valence-corrected chi connectivity index (χ3v) is 11.0. The summed E-state index contributed by atoms with van der Waals surface area (Å²) in [5, 5.41) is 35.3. The molecule has 35 heavy (non-hydrogen) atoms. The largest absolute Gasteiger partial charge is 0.442 e. The van der Waals surface area contributed by atoms with Gasteiger partial charge in [0.15, 0.2) is 11.4 Å². The molecule has 8 heteroatoms. The van der Waals surface area contributed by atoms with Gasteiger partial charge in [0, 0.05) is 29.6 Å². The molecule has 5 aliphatic carbocycles. The van der Waals surface area contributed by atoms with E-state index in [1.165, 1.54) is 6.20 Å². The Labute approximate surface area is 203 Å². The van der Waals surface area contributed by atoms with Crippen LogP contribution < -0.4 is 0 Å². The number of ketones is 1. The highest BCUT2D eigenvalue weighted by Crippen LogP contribution is 2.85. The van der Waals surface area contributed by atoms with Gasteiger partial charge >= 0.3 is 5.97 Å². The molecule has 8 nitrogen and oxygen atoms in total. The number of carbonyl (C=O) groups is 2. The van der Waals surface area contributed by atoms with Crippen LogP contribution in [0.4, 0.5) is 0 Å². The number of aliphatic hydroxyl groups excluding tert-OH is 2. The van der Waals surface area contributed by atoms with Gasteiger partial charge in [-0.2, -0.15) is 0 Å². The van der Waals surface area contributed by atoms with Crippen molar-refractivity contribution in [3.05, 3.63) is 42.2 Å². The minimum absolute atomic E-state index is 0.0936. The first-order valence-corrected chi connectivity index (χ1v) is 12.6. The second-order valence-electron chi connectivity index (χ2n) is 12.4. The van der Waals surface area contributed by atoms with Crippen molar-refractivity contribution >= 4 is 11.8 Å². The number of fused-ring (bicyclic) bond motifs is 1. The average molecular weight is 482 g/mol. The van der Waals surface area contributed by atoms with Gasteiger partial charge in [-0.3, -0.25) is 9.78 Å². The van der Waals surface area contributed by atoms with Crippen LogP contribution >= 0.6 is 0 Å². The molecule has 10 atom stereocenters. The van der Waals surface area contributed by atoms with Gasteiger partial charge < -0.3 is 24.8 Å². The average Bonchev–Trinajstić information content (AvgIpc) is 2.85. The fraction of sp³-hybridized carbons (Fsp3) is 0.667. The minimum atomic E-state index is -2.11. The molecule has 3 heterocycles. The molecule has 5 saturated carbocycles. The van der Waals surface area contributed by atoms with Crippen molar-refractivity contribution in [2.75, 3.05) is 6.61 Å². The summed E-state index contributed by atoms with van der Waals surface area (Å²) in [5.74, 6) is -4.72. The maximum absolute atomic E-state index is 14.4. The quantitative estimate of drug-likeness (QED) is 0.430. The zero-order valence-corrected chi connectivity index (χ0v) is 19.9. The van der Waals surface area contributed by atoms with E-state index in [9.17, 15) is 24.9 Å². The van der Waals surface area contributed by atoms with E-state index in [-0.39, 0.29) is 29.4 Å². The third kappa shape index (κ3) is 1.98. The van der Waals surface area contributed by atoms with E-state index < -0.39 is 58.0 Å². The predicted molar refractivity (Wildman–Crippen MR) is 121 cm³/mol. The van der Waals surface area contributed by atoms with Crippen LogP contribution in [-0.2, 0) is 14.3 Å². The summed E-state index contributed by atoms with van der Waals surface area (Å²) in [5.41, 5.74) is -3.44. The van der Waals surface area contributed by atoms with Gasteiger partial charge in [0.1, 0.15) is 11.5 Å². The summed E-state index contributed by atoms with van der Waals surface area (Å²) in [7, 11) is 0. The van der Waals surface area contributed by atoms with Crippen LogP contribution in [0.3, 0.4) is 0 Å². The second kappa shape index (κ2) is 6.22. The van der Waals surface area contributed by atoms with Gasteiger partial charge in [0.25, 0.3) is 0 Å². The molecule has 0 aromatic carbocycles. The van der Waals surface area contributed by atoms with Crippen LogP contribution in [0.25, 0.3) is 0 Å². The smallest absolute Gasteiger partial charge is 0.341 e. The Balaban J connectivity index is 1.37. The Bertz CT molecular complexity index is 1180. The number of hydrogen-bond acceptors (Lipinski definition) is 8. The number of pyridine rings is 1. The van der Waals surface area contributed by atoms with Crippen molar-refractivity contribution < 1.29 is 34.4 Å². The molecule has 186 valence electrons. The lowest BCUT2D eigenvalue weighted by molar-refractivity contribution is -0.483. The number of Topliss-reactive ketones (excluding diaryl/α,β-unsaturated/α-hetero) is 1. The highest BCUT2D eigenvalue weighted by atomic mass is 16.6. The van der Waals surface area contributed by atoms with Crippen LogP contribution in [-0.4, -0.2) is 62.3 Å². The first-order valence-electron chi connectivity index (χ1n) is 12.6. The van der Waals surface area contributed by atoms with Gasteiger partial charge in [0.05, 0.1) is 18.3 Å². The molecule has 3 N–H and O–H groups in total. The normalized spacial score (nSPS) is 52.4. The van der Waals surface area contributed by atoms with Crippen LogP contribution in [0.2, 0.25) is 0 Å².